The van der Waals surface area contributed by atoms with Crippen LogP contribution in [0.25, 0.3) is 10.8 Å². The number of carbonyl (C=O) groups excluding carboxylic acids is 1. The lowest BCUT2D eigenvalue weighted by Crippen LogP contribution is -2.17. The second kappa shape index (κ2) is 12.2. The van der Waals surface area contributed by atoms with Crippen molar-refractivity contribution in [1.29, 1.82) is 0 Å². The maximum absolute atomic E-state index is 12.4. The number of halogens is 1. The van der Waals surface area contributed by atoms with E-state index in [0.717, 1.165) is 21.0 Å². The number of nitrogens with zero attached hydrogens (tertiary/aromatic N) is 1. The van der Waals surface area contributed by atoms with E-state index in [9.17, 15) is 4.79 Å². The summed E-state index contributed by atoms with van der Waals surface area (Å²) < 4.78 is 18.2. The predicted octanol–water partition coefficient (Wildman–Crippen LogP) is 6.74. The summed E-state index contributed by atoms with van der Waals surface area (Å²) in [5.41, 5.74) is 4.87. The molecule has 184 valence electrons. The van der Waals surface area contributed by atoms with Gasteiger partial charge in [-0.2, -0.15) is 5.10 Å². The number of carbonyl (C=O) groups is 1. The highest BCUT2D eigenvalue weighted by molar-refractivity contribution is 9.10. The van der Waals surface area contributed by atoms with Gasteiger partial charge in [-0.1, -0.05) is 42.5 Å². The number of hydrogen-bond acceptors (Lipinski definition) is 5. The van der Waals surface area contributed by atoms with Gasteiger partial charge in [0.05, 0.1) is 23.9 Å². The molecule has 4 aromatic rings. The summed E-state index contributed by atoms with van der Waals surface area (Å²) in [6, 6.07) is 25.0. The first-order chi connectivity index (χ1) is 17.6. The molecule has 0 unspecified atom stereocenters. The molecule has 0 saturated heterocycles. The third kappa shape index (κ3) is 6.23. The lowest BCUT2D eigenvalue weighted by molar-refractivity contribution is 0.0955. The van der Waals surface area contributed by atoms with Crippen molar-refractivity contribution in [1.82, 2.24) is 5.43 Å². The standard InChI is InChI=1S/C29H27BrN2O4/c1-3-34-24-14-12-22(13-15-24)29(33)32-31-18-20-16-26(30)28(27(17-20)35-4-2)36-19-23-10-7-9-21-8-5-6-11-25(21)23/h5-18H,3-4,19H2,1-2H3,(H,32,33)/b31-18-. The van der Waals surface area contributed by atoms with E-state index in [4.69, 9.17) is 14.2 Å². The molecule has 1 N–H and O–H groups in total. The van der Waals surface area contributed by atoms with Crippen LogP contribution in [-0.4, -0.2) is 25.3 Å². The smallest absolute Gasteiger partial charge is 0.271 e. The van der Waals surface area contributed by atoms with Crippen LogP contribution in [-0.2, 0) is 6.61 Å². The quantitative estimate of drug-likeness (QED) is 0.176. The van der Waals surface area contributed by atoms with Crippen LogP contribution in [0.15, 0.2) is 88.4 Å². The summed E-state index contributed by atoms with van der Waals surface area (Å²) in [4.78, 5) is 12.4. The Morgan fingerprint density at radius 3 is 2.44 bits per heavy atom. The van der Waals surface area contributed by atoms with Gasteiger partial charge in [-0.25, -0.2) is 5.43 Å². The van der Waals surface area contributed by atoms with E-state index in [1.807, 2.05) is 44.2 Å². The Kier molecular flexibility index (Phi) is 8.57. The molecule has 0 saturated carbocycles. The zero-order chi connectivity index (χ0) is 25.3. The van der Waals surface area contributed by atoms with E-state index in [2.05, 4.69) is 50.7 Å². The zero-order valence-electron chi connectivity index (χ0n) is 20.2. The van der Waals surface area contributed by atoms with Crippen molar-refractivity contribution in [3.05, 3.63) is 100 Å². The summed E-state index contributed by atoms with van der Waals surface area (Å²) in [7, 11) is 0. The summed E-state index contributed by atoms with van der Waals surface area (Å²) in [5, 5.41) is 6.43. The average Bonchev–Trinajstić information content (AvgIpc) is 2.89. The van der Waals surface area contributed by atoms with Gasteiger partial charge >= 0.3 is 0 Å². The van der Waals surface area contributed by atoms with E-state index in [-0.39, 0.29) is 5.91 Å². The van der Waals surface area contributed by atoms with Crippen LogP contribution in [0.1, 0.15) is 35.3 Å². The lowest BCUT2D eigenvalue weighted by atomic mass is 10.1. The molecule has 0 fully saturated rings. The highest BCUT2D eigenvalue weighted by atomic mass is 79.9. The van der Waals surface area contributed by atoms with Crippen molar-refractivity contribution < 1.29 is 19.0 Å². The Labute approximate surface area is 219 Å². The van der Waals surface area contributed by atoms with Crippen molar-refractivity contribution in [2.45, 2.75) is 20.5 Å². The van der Waals surface area contributed by atoms with Crippen LogP contribution < -0.4 is 19.6 Å². The molecular weight excluding hydrogens is 520 g/mol. The monoisotopic (exact) mass is 546 g/mol. The van der Waals surface area contributed by atoms with Gasteiger partial charge in [0.25, 0.3) is 5.91 Å². The molecular formula is C29H27BrN2O4. The zero-order valence-corrected chi connectivity index (χ0v) is 21.7. The predicted molar refractivity (Wildman–Crippen MR) is 146 cm³/mol. The normalized spacial score (nSPS) is 11.0. The average molecular weight is 547 g/mol. The molecule has 0 atom stereocenters. The largest absolute Gasteiger partial charge is 0.494 e. The number of hydrogen-bond donors (Lipinski definition) is 1. The molecule has 0 spiro atoms. The summed E-state index contributed by atoms with van der Waals surface area (Å²) in [6.45, 7) is 5.27. The molecule has 1 amide bonds. The molecule has 36 heavy (non-hydrogen) atoms. The van der Waals surface area contributed by atoms with Crippen molar-refractivity contribution in [3.8, 4) is 17.2 Å². The number of nitrogens with one attached hydrogen (secondary N) is 1. The maximum Gasteiger partial charge on any atom is 0.271 e. The third-order valence-electron chi connectivity index (χ3n) is 5.39. The van der Waals surface area contributed by atoms with E-state index in [1.165, 1.54) is 5.39 Å². The maximum atomic E-state index is 12.4. The van der Waals surface area contributed by atoms with Crippen molar-refractivity contribution >= 4 is 38.8 Å². The van der Waals surface area contributed by atoms with E-state index in [0.29, 0.717) is 42.6 Å². The summed E-state index contributed by atoms with van der Waals surface area (Å²) in [5.74, 6) is 1.61. The number of ether oxygens (including phenoxy) is 3. The van der Waals surface area contributed by atoms with Crippen molar-refractivity contribution in [3.63, 3.8) is 0 Å². The Balaban J connectivity index is 1.46. The number of hydrazone groups is 1. The topological polar surface area (TPSA) is 69.2 Å². The Hall–Kier alpha value is -3.84. The Morgan fingerprint density at radius 1 is 0.917 bits per heavy atom. The number of amides is 1. The minimum absolute atomic E-state index is 0.312. The Bertz CT molecular complexity index is 1360. The molecule has 0 bridgehead atoms. The number of fused-ring (bicyclic) bond motifs is 1. The fraction of sp³-hybridized carbons (Fsp3) is 0.172. The van der Waals surface area contributed by atoms with Gasteiger partial charge in [0, 0.05) is 5.56 Å². The number of benzene rings is 4. The molecule has 0 aliphatic carbocycles. The first-order valence-electron chi connectivity index (χ1n) is 11.7. The first-order valence-corrected chi connectivity index (χ1v) is 12.5. The molecule has 4 rings (SSSR count). The first kappa shape index (κ1) is 25.3. The number of rotatable bonds is 10. The van der Waals surface area contributed by atoms with Crippen molar-refractivity contribution in [2.75, 3.05) is 13.2 Å². The summed E-state index contributed by atoms with van der Waals surface area (Å²) in [6.07, 6.45) is 1.56. The van der Waals surface area contributed by atoms with Crippen molar-refractivity contribution in [2.24, 2.45) is 5.10 Å². The van der Waals surface area contributed by atoms with E-state index < -0.39 is 0 Å². The molecule has 0 aliphatic heterocycles. The van der Waals surface area contributed by atoms with Gasteiger partial charge in [-0.3, -0.25) is 4.79 Å². The molecule has 4 aromatic carbocycles. The van der Waals surface area contributed by atoms with Gasteiger partial charge in [0.1, 0.15) is 12.4 Å². The molecule has 7 heteroatoms. The van der Waals surface area contributed by atoms with Crippen LogP contribution in [0, 0.1) is 0 Å². The minimum Gasteiger partial charge on any atom is -0.494 e. The van der Waals surface area contributed by atoms with Crippen LogP contribution in [0.2, 0.25) is 0 Å². The fourth-order valence-electron chi connectivity index (χ4n) is 3.73. The van der Waals surface area contributed by atoms with Crippen LogP contribution in [0.3, 0.4) is 0 Å². The van der Waals surface area contributed by atoms with Gasteiger partial charge < -0.3 is 14.2 Å². The second-order valence-electron chi connectivity index (χ2n) is 7.85. The van der Waals surface area contributed by atoms with E-state index in [1.54, 1.807) is 30.5 Å². The highest BCUT2D eigenvalue weighted by Crippen LogP contribution is 2.37. The molecule has 6 nitrogen and oxygen atoms in total. The molecule has 0 aromatic heterocycles. The van der Waals surface area contributed by atoms with Crippen LogP contribution >= 0.6 is 15.9 Å². The summed E-state index contributed by atoms with van der Waals surface area (Å²) >= 11 is 3.60. The van der Waals surface area contributed by atoms with Crippen LogP contribution in [0.4, 0.5) is 0 Å². The molecule has 0 radical (unpaired) electrons. The van der Waals surface area contributed by atoms with Gasteiger partial charge in [0.15, 0.2) is 11.5 Å². The third-order valence-corrected chi connectivity index (χ3v) is 5.98. The Morgan fingerprint density at radius 2 is 1.67 bits per heavy atom. The van der Waals surface area contributed by atoms with Gasteiger partial charge in [0.2, 0.25) is 0 Å². The highest BCUT2D eigenvalue weighted by Gasteiger charge is 2.13. The molecule has 0 aliphatic rings. The SMILES string of the molecule is CCOc1ccc(C(=O)N/N=C\c2cc(Br)c(OCc3cccc4ccccc34)c(OCC)c2)cc1. The fourth-order valence-corrected chi connectivity index (χ4v) is 4.31. The lowest BCUT2D eigenvalue weighted by Gasteiger charge is -2.15. The van der Waals surface area contributed by atoms with Gasteiger partial charge in [-0.05, 0) is 88.1 Å². The molecule has 0 heterocycles. The van der Waals surface area contributed by atoms with E-state index >= 15 is 0 Å². The van der Waals surface area contributed by atoms with Crippen LogP contribution in [0.5, 0.6) is 17.2 Å². The van der Waals surface area contributed by atoms with Gasteiger partial charge in [-0.15, -0.1) is 0 Å². The minimum atomic E-state index is -0.312. The second-order valence-corrected chi connectivity index (χ2v) is 8.70.